The molecule has 1 rings (SSSR count). The van der Waals surface area contributed by atoms with Gasteiger partial charge in [-0.15, -0.1) is 0 Å². The number of carbonyl (C=O) groups is 1. The predicted molar refractivity (Wildman–Crippen MR) is 57.1 cm³/mol. The molecular weight excluding hydrogens is 176 g/mol. The Morgan fingerprint density at radius 2 is 1.79 bits per heavy atom. The van der Waals surface area contributed by atoms with Gasteiger partial charge in [-0.05, 0) is 19.8 Å². The summed E-state index contributed by atoms with van der Waals surface area (Å²) in [4.78, 5) is 11.9. The highest BCUT2D eigenvalue weighted by Crippen LogP contribution is 2.28. The van der Waals surface area contributed by atoms with Gasteiger partial charge in [-0.25, -0.2) is 0 Å². The number of ketones is 1. The molecule has 0 saturated heterocycles. The van der Waals surface area contributed by atoms with Crippen molar-refractivity contribution in [3.8, 4) is 0 Å². The number of hydrogen-bond acceptors (Lipinski definition) is 2. The molecule has 1 fully saturated rings. The maximum absolute atomic E-state index is 11.9. The first kappa shape index (κ1) is 11.3. The van der Waals surface area contributed by atoms with Crippen molar-refractivity contribution in [2.75, 3.05) is 0 Å². The lowest BCUT2D eigenvalue weighted by Crippen LogP contribution is -2.14. The highest BCUT2D eigenvalue weighted by Gasteiger charge is 2.25. The summed E-state index contributed by atoms with van der Waals surface area (Å²) in [5, 5.41) is 9.68. The number of carbonyl (C=O) groups excluding carboxylic acids is 1. The molecule has 1 N–H and O–H groups in total. The monoisotopic (exact) mass is 196 g/mol. The third-order valence-corrected chi connectivity index (χ3v) is 3.03. The van der Waals surface area contributed by atoms with E-state index in [1.165, 1.54) is 0 Å². The molecule has 2 nitrogen and oxygen atoms in total. The lowest BCUT2D eigenvalue weighted by atomic mass is 9.94. The Morgan fingerprint density at radius 1 is 1.29 bits per heavy atom. The molecule has 14 heavy (non-hydrogen) atoms. The van der Waals surface area contributed by atoms with Gasteiger partial charge in [0.2, 0.25) is 0 Å². The van der Waals surface area contributed by atoms with Gasteiger partial charge in [0.1, 0.15) is 5.76 Å². The average Bonchev–Trinajstić information content (AvgIpc) is 2.67. The SMILES string of the molecule is C/C(C(=O)C1CCCC1)=C(/O)C(C)C. The fourth-order valence-electron chi connectivity index (χ4n) is 2.05. The fourth-order valence-corrected chi connectivity index (χ4v) is 2.05. The van der Waals surface area contributed by atoms with Crippen LogP contribution in [0.1, 0.15) is 46.5 Å². The van der Waals surface area contributed by atoms with E-state index in [9.17, 15) is 9.90 Å². The Hall–Kier alpha value is -0.790. The Balaban J connectivity index is 2.72. The zero-order chi connectivity index (χ0) is 10.7. The second-order valence-corrected chi connectivity index (χ2v) is 4.51. The minimum Gasteiger partial charge on any atom is -0.512 e. The molecule has 0 heterocycles. The van der Waals surface area contributed by atoms with Gasteiger partial charge in [0.05, 0.1) is 0 Å². The van der Waals surface area contributed by atoms with Crippen LogP contribution >= 0.6 is 0 Å². The summed E-state index contributed by atoms with van der Waals surface area (Å²) in [6.07, 6.45) is 4.32. The summed E-state index contributed by atoms with van der Waals surface area (Å²) < 4.78 is 0. The summed E-state index contributed by atoms with van der Waals surface area (Å²) in [5.41, 5.74) is 0.576. The Labute approximate surface area is 86.0 Å². The number of rotatable bonds is 3. The van der Waals surface area contributed by atoms with Gasteiger partial charge < -0.3 is 5.11 Å². The van der Waals surface area contributed by atoms with Crippen LogP contribution in [-0.2, 0) is 4.79 Å². The van der Waals surface area contributed by atoms with Crippen molar-refractivity contribution in [1.29, 1.82) is 0 Å². The fraction of sp³-hybridized carbons (Fsp3) is 0.750. The Bertz CT molecular complexity index is 245. The van der Waals surface area contributed by atoms with E-state index in [-0.39, 0.29) is 23.4 Å². The van der Waals surface area contributed by atoms with E-state index in [0.29, 0.717) is 5.57 Å². The van der Waals surface area contributed by atoms with Crippen LogP contribution in [0.2, 0.25) is 0 Å². The average molecular weight is 196 g/mol. The number of allylic oxidation sites excluding steroid dienone is 2. The Kier molecular flexibility index (Phi) is 3.73. The largest absolute Gasteiger partial charge is 0.512 e. The first-order chi connectivity index (χ1) is 6.54. The lowest BCUT2D eigenvalue weighted by Gasteiger charge is -2.12. The first-order valence-electron chi connectivity index (χ1n) is 5.48. The van der Waals surface area contributed by atoms with Gasteiger partial charge in [-0.2, -0.15) is 0 Å². The molecule has 0 unspecified atom stereocenters. The van der Waals surface area contributed by atoms with Crippen molar-refractivity contribution < 1.29 is 9.90 Å². The molecule has 0 aliphatic heterocycles. The van der Waals surface area contributed by atoms with Gasteiger partial charge in [-0.1, -0.05) is 26.7 Å². The summed E-state index contributed by atoms with van der Waals surface area (Å²) >= 11 is 0. The third-order valence-electron chi connectivity index (χ3n) is 3.03. The summed E-state index contributed by atoms with van der Waals surface area (Å²) in [7, 11) is 0. The van der Waals surface area contributed by atoms with Crippen LogP contribution in [0, 0.1) is 11.8 Å². The molecule has 0 amide bonds. The summed E-state index contributed by atoms with van der Waals surface area (Å²) in [6.45, 7) is 5.55. The van der Waals surface area contributed by atoms with Gasteiger partial charge in [0.15, 0.2) is 5.78 Å². The molecule has 0 atom stereocenters. The van der Waals surface area contributed by atoms with Crippen LogP contribution in [0.3, 0.4) is 0 Å². The molecule has 1 saturated carbocycles. The van der Waals surface area contributed by atoms with Crippen LogP contribution < -0.4 is 0 Å². The molecule has 80 valence electrons. The van der Waals surface area contributed by atoms with Crippen molar-refractivity contribution in [1.82, 2.24) is 0 Å². The standard InChI is InChI=1S/C12H20O2/c1-8(2)11(13)9(3)12(14)10-6-4-5-7-10/h8,10,13H,4-7H2,1-3H3/b11-9-. The van der Waals surface area contributed by atoms with E-state index < -0.39 is 0 Å². The van der Waals surface area contributed by atoms with Crippen LogP contribution in [0.15, 0.2) is 11.3 Å². The maximum atomic E-state index is 11.9. The second-order valence-electron chi connectivity index (χ2n) is 4.51. The first-order valence-corrected chi connectivity index (χ1v) is 5.48. The smallest absolute Gasteiger partial charge is 0.164 e. The van der Waals surface area contributed by atoms with Crippen molar-refractivity contribution in [3.05, 3.63) is 11.3 Å². The normalized spacial score (nSPS) is 20.0. The minimum atomic E-state index is 0.0559. The number of aliphatic hydroxyl groups excluding tert-OH is 1. The van der Waals surface area contributed by atoms with Crippen molar-refractivity contribution in [3.63, 3.8) is 0 Å². The van der Waals surface area contributed by atoms with Gasteiger partial charge >= 0.3 is 0 Å². The van der Waals surface area contributed by atoms with E-state index in [4.69, 9.17) is 0 Å². The zero-order valence-corrected chi connectivity index (χ0v) is 9.34. The topological polar surface area (TPSA) is 37.3 Å². The summed E-state index contributed by atoms with van der Waals surface area (Å²) in [6, 6.07) is 0. The van der Waals surface area contributed by atoms with Crippen LogP contribution in [0.25, 0.3) is 0 Å². The van der Waals surface area contributed by atoms with Crippen LogP contribution in [0.4, 0.5) is 0 Å². The second kappa shape index (κ2) is 4.63. The highest BCUT2D eigenvalue weighted by atomic mass is 16.3. The zero-order valence-electron chi connectivity index (χ0n) is 9.34. The molecule has 0 aromatic carbocycles. The van der Waals surface area contributed by atoms with Crippen LogP contribution in [0.5, 0.6) is 0 Å². The molecule has 0 spiro atoms. The molecule has 1 aliphatic rings. The predicted octanol–water partition coefficient (Wildman–Crippen LogP) is 3.23. The van der Waals surface area contributed by atoms with Crippen molar-refractivity contribution in [2.24, 2.45) is 11.8 Å². The van der Waals surface area contributed by atoms with E-state index in [1.807, 2.05) is 13.8 Å². The highest BCUT2D eigenvalue weighted by molar-refractivity contribution is 5.97. The molecule has 0 radical (unpaired) electrons. The van der Waals surface area contributed by atoms with E-state index in [0.717, 1.165) is 25.7 Å². The van der Waals surface area contributed by atoms with Crippen molar-refractivity contribution in [2.45, 2.75) is 46.5 Å². The van der Waals surface area contributed by atoms with Crippen LogP contribution in [-0.4, -0.2) is 10.9 Å². The van der Waals surface area contributed by atoms with Gasteiger partial charge in [-0.3, -0.25) is 4.79 Å². The number of hydrogen-bond donors (Lipinski definition) is 1. The Morgan fingerprint density at radius 3 is 2.21 bits per heavy atom. The van der Waals surface area contributed by atoms with Gasteiger partial charge in [0.25, 0.3) is 0 Å². The third kappa shape index (κ3) is 2.37. The summed E-state index contributed by atoms with van der Waals surface area (Å²) in [5.74, 6) is 0.659. The van der Waals surface area contributed by atoms with E-state index >= 15 is 0 Å². The van der Waals surface area contributed by atoms with Gasteiger partial charge in [0, 0.05) is 17.4 Å². The van der Waals surface area contributed by atoms with E-state index in [1.54, 1.807) is 6.92 Å². The molecular formula is C12H20O2. The number of Topliss-reactive ketones (excluding diaryl/α,β-unsaturated/α-hetero) is 1. The lowest BCUT2D eigenvalue weighted by molar-refractivity contribution is -0.119. The quantitative estimate of drug-likeness (QED) is 0.555. The molecule has 0 aromatic rings. The van der Waals surface area contributed by atoms with Crippen molar-refractivity contribution >= 4 is 5.78 Å². The van der Waals surface area contributed by atoms with E-state index in [2.05, 4.69) is 0 Å². The minimum absolute atomic E-state index is 0.0559. The molecule has 2 heteroatoms. The molecule has 0 aromatic heterocycles. The number of aliphatic hydroxyl groups is 1. The molecule has 1 aliphatic carbocycles. The molecule has 0 bridgehead atoms. The maximum Gasteiger partial charge on any atom is 0.164 e.